The fraction of sp³-hybridized carbons (Fsp3) is 0.933. The molecule has 3 heterocycles. The first kappa shape index (κ1) is 14.3. The Balaban J connectivity index is 1.49. The predicted octanol–water partition coefficient (Wildman–Crippen LogP) is 0.925. The van der Waals surface area contributed by atoms with E-state index in [0.717, 1.165) is 58.3 Å². The van der Waals surface area contributed by atoms with Crippen LogP contribution < -0.4 is 5.32 Å². The molecule has 0 radical (unpaired) electrons. The van der Waals surface area contributed by atoms with Gasteiger partial charge in [0.25, 0.3) is 5.91 Å². The molecule has 1 amide bonds. The first-order valence-corrected chi connectivity index (χ1v) is 7.97. The second-order valence-corrected chi connectivity index (χ2v) is 6.38. The maximum absolute atomic E-state index is 12.3. The molecule has 3 aliphatic rings. The van der Waals surface area contributed by atoms with Gasteiger partial charge in [-0.3, -0.25) is 4.79 Å². The molecular weight excluding hydrogens is 256 g/mol. The first-order valence-electron chi connectivity index (χ1n) is 7.97. The zero-order chi connectivity index (χ0) is 14.0. The monoisotopic (exact) mass is 282 g/mol. The Hall–Kier alpha value is -0.650. The van der Waals surface area contributed by atoms with Gasteiger partial charge < -0.3 is 19.7 Å². The van der Waals surface area contributed by atoms with E-state index < -0.39 is 0 Å². The lowest BCUT2D eigenvalue weighted by Crippen LogP contribution is -2.42. The van der Waals surface area contributed by atoms with Crippen molar-refractivity contribution < 1.29 is 14.3 Å². The van der Waals surface area contributed by atoms with E-state index in [2.05, 4.69) is 5.32 Å². The highest BCUT2D eigenvalue weighted by molar-refractivity contribution is 5.80. The number of carbonyl (C=O) groups is 1. The minimum Gasteiger partial charge on any atom is -0.372 e. The third-order valence-corrected chi connectivity index (χ3v) is 4.85. The van der Waals surface area contributed by atoms with Gasteiger partial charge in [-0.05, 0) is 45.7 Å². The predicted molar refractivity (Wildman–Crippen MR) is 75.6 cm³/mol. The summed E-state index contributed by atoms with van der Waals surface area (Å²) in [7, 11) is 0. The number of likely N-dealkylation sites (tertiary alicyclic amines) is 1. The molecular formula is C15H26N2O3. The fourth-order valence-corrected chi connectivity index (χ4v) is 3.66. The maximum atomic E-state index is 12.3. The van der Waals surface area contributed by atoms with Gasteiger partial charge in [-0.25, -0.2) is 0 Å². The second-order valence-electron chi connectivity index (χ2n) is 6.38. The average Bonchev–Trinajstić information content (AvgIpc) is 3.10. The summed E-state index contributed by atoms with van der Waals surface area (Å²) in [6.07, 6.45) is 5.05. The first-order chi connectivity index (χ1) is 9.69. The van der Waals surface area contributed by atoms with Crippen LogP contribution in [0, 0.1) is 0 Å². The Morgan fingerprint density at radius 2 is 2.05 bits per heavy atom. The van der Waals surface area contributed by atoms with Crippen molar-refractivity contribution in [2.75, 3.05) is 32.8 Å². The van der Waals surface area contributed by atoms with Crippen molar-refractivity contribution in [2.24, 2.45) is 0 Å². The number of amides is 1. The smallest absolute Gasteiger partial charge is 0.251 e. The molecule has 5 heteroatoms. The number of ether oxygens (including phenoxy) is 2. The second kappa shape index (κ2) is 6.00. The van der Waals surface area contributed by atoms with Crippen molar-refractivity contribution in [2.45, 2.75) is 56.8 Å². The summed E-state index contributed by atoms with van der Waals surface area (Å²) in [5, 5.41) is 3.37. The van der Waals surface area contributed by atoms with Crippen molar-refractivity contribution >= 4 is 5.91 Å². The minimum absolute atomic E-state index is 0.00628. The molecule has 1 N–H and O–H groups in total. The lowest BCUT2D eigenvalue weighted by molar-refractivity contribution is -0.145. The molecule has 3 fully saturated rings. The third kappa shape index (κ3) is 3.00. The molecule has 2 unspecified atom stereocenters. The van der Waals surface area contributed by atoms with Crippen LogP contribution in [0.4, 0.5) is 0 Å². The quantitative estimate of drug-likeness (QED) is 0.836. The van der Waals surface area contributed by atoms with Gasteiger partial charge in [0, 0.05) is 19.5 Å². The zero-order valence-electron chi connectivity index (χ0n) is 12.4. The van der Waals surface area contributed by atoms with E-state index in [-0.39, 0.29) is 23.7 Å². The molecule has 0 aromatic heterocycles. The van der Waals surface area contributed by atoms with Gasteiger partial charge >= 0.3 is 0 Å². The Kier molecular flexibility index (Phi) is 4.29. The van der Waals surface area contributed by atoms with E-state index in [1.165, 1.54) is 0 Å². The van der Waals surface area contributed by atoms with Gasteiger partial charge in [0.05, 0.1) is 18.3 Å². The summed E-state index contributed by atoms with van der Waals surface area (Å²) in [5.41, 5.74) is 0.00628. The number of hydrogen-bond donors (Lipinski definition) is 1. The molecule has 3 rings (SSSR count). The van der Waals surface area contributed by atoms with Crippen LogP contribution >= 0.6 is 0 Å². The summed E-state index contributed by atoms with van der Waals surface area (Å²) < 4.78 is 12.0. The molecule has 0 aromatic rings. The van der Waals surface area contributed by atoms with Crippen LogP contribution in [0.3, 0.4) is 0 Å². The third-order valence-electron chi connectivity index (χ3n) is 4.85. The van der Waals surface area contributed by atoms with Crippen molar-refractivity contribution in [3.8, 4) is 0 Å². The Labute approximate surface area is 121 Å². The van der Waals surface area contributed by atoms with E-state index >= 15 is 0 Å². The molecule has 20 heavy (non-hydrogen) atoms. The lowest BCUT2D eigenvalue weighted by Gasteiger charge is -2.33. The molecule has 0 aliphatic carbocycles. The van der Waals surface area contributed by atoms with Crippen LogP contribution in [0.15, 0.2) is 0 Å². The highest BCUT2D eigenvalue weighted by Crippen LogP contribution is 2.35. The lowest BCUT2D eigenvalue weighted by atomic mass is 9.89. The van der Waals surface area contributed by atoms with E-state index in [4.69, 9.17) is 9.47 Å². The number of nitrogens with one attached hydrogen (secondary N) is 1. The van der Waals surface area contributed by atoms with Crippen LogP contribution in [0.1, 0.15) is 39.0 Å². The fourth-order valence-electron chi connectivity index (χ4n) is 3.66. The van der Waals surface area contributed by atoms with Gasteiger partial charge in [-0.1, -0.05) is 0 Å². The van der Waals surface area contributed by atoms with Gasteiger partial charge in [0.15, 0.2) is 0 Å². The minimum atomic E-state index is -0.335. The molecule has 3 aliphatic heterocycles. The molecule has 114 valence electrons. The van der Waals surface area contributed by atoms with E-state index in [9.17, 15) is 4.79 Å². The normalized spacial score (nSPS) is 30.9. The van der Waals surface area contributed by atoms with Gasteiger partial charge in [-0.2, -0.15) is 0 Å². The SMILES string of the molecule is CC(OC1COC2(CCNCC2)C1)C(=O)N1CCCC1. The van der Waals surface area contributed by atoms with Gasteiger partial charge in [0.2, 0.25) is 0 Å². The van der Waals surface area contributed by atoms with Gasteiger partial charge in [0.1, 0.15) is 6.10 Å². The maximum Gasteiger partial charge on any atom is 0.251 e. The van der Waals surface area contributed by atoms with Crippen LogP contribution in [0.5, 0.6) is 0 Å². The van der Waals surface area contributed by atoms with E-state index in [1.54, 1.807) is 0 Å². The molecule has 5 nitrogen and oxygen atoms in total. The average molecular weight is 282 g/mol. The molecule has 3 saturated heterocycles. The summed E-state index contributed by atoms with van der Waals surface area (Å²) in [6, 6.07) is 0. The largest absolute Gasteiger partial charge is 0.372 e. The van der Waals surface area contributed by atoms with Crippen LogP contribution in [-0.4, -0.2) is 61.4 Å². The molecule has 0 saturated carbocycles. The van der Waals surface area contributed by atoms with Crippen LogP contribution in [0.2, 0.25) is 0 Å². The number of nitrogens with zero attached hydrogens (tertiary/aromatic N) is 1. The molecule has 1 spiro atoms. The van der Waals surface area contributed by atoms with E-state index in [1.807, 2.05) is 11.8 Å². The number of carbonyl (C=O) groups excluding carboxylic acids is 1. The summed E-state index contributed by atoms with van der Waals surface area (Å²) in [5.74, 6) is 0.147. The topological polar surface area (TPSA) is 50.8 Å². The Morgan fingerprint density at radius 3 is 2.75 bits per heavy atom. The highest BCUT2D eigenvalue weighted by Gasteiger charge is 2.42. The number of hydrogen-bond acceptors (Lipinski definition) is 4. The van der Waals surface area contributed by atoms with Crippen molar-refractivity contribution in [3.63, 3.8) is 0 Å². The molecule has 2 atom stereocenters. The molecule has 0 bridgehead atoms. The molecule has 0 aromatic carbocycles. The zero-order valence-corrected chi connectivity index (χ0v) is 12.4. The van der Waals surface area contributed by atoms with Crippen molar-refractivity contribution in [3.05, 3.63) is 0 Å². The Bertz CT molecular complexity index is 349. The van der Waals surface area contributed by atoms with E-state index in [0.29, 0.717) is 6.61 Å². The van der Waals surface area contributed by atoms with Crippen LogP contribution in [-0.2, 0) is 14.3 Å². The summed E-state index contributed by atoms with van der Waals surface area (Å²) >= 11 is 0. The Morgan fingerprint density at radius 1 is 1.35 bits per heavy atom. The standard InChI is InChI=1S/C15H26N2O3/c1-12(14(18)17-8-2-3-9-17)20-13-10-15(19-11-13)4-6-16-7-5-15/h12-13,16H,2-11H2,1H3. The van der Waals surface area contributed by atoms with Crippen molar-refractivity contribution in [1.29, 1.82) is 0 Å². The number of rotatable bonds is 3. The van der Waals surface area contributed by atoms with Crippen molar-refractivity contribution in [1.82, 2.24) is 10.2 Å². The highest BCUT2D eigenvalue weighted by atomic mass is 16.6. The summed E-state index contributed by atoms with van der Waals surface area (Å²) in [4.78, 5) is 14.2. The number of piperidine rings is 1. The van der Waals surface area contributed by atoms with Crippen LogP contribution in [0.25, 0.3) is 0 Å². The summed E-state index contributed by atoms with van der Waals surface area (Å²) in [6.45, 7) is 6.35. The van der Waals surface area contributed by atoms with Gasteiger partial charge in [-0.15, -0.1) is 0 Å².